The van der Waals surface area contributed by atoms with Crippen molar-refractivity contribution in [1.29, 1.82) is 0 Å². The SMILES string of the molecule is Cn1c(=O)ccn(Cc2c(-c3ccc(Cl)cc3)nc3ccccn23)c1=O. The van der Waals surface area contributed by atoms with Gasteiger partial charge in [0.05, 0.1) is 17.9 Å². The van der Waals surface area contributed by atoms with Gasteiger partial charge in [-0.3, -0.25) is 13.9 Å². The van der Waals surface area contributed by atoms with Crippen molar-refractivity contribution in [3.63, 3.8) is 0 Å². The molecule has 7 heteroatoms. The zero-order chi connectivity index (χ0) is 18.3. The predicted molar refractivity (Wildman–Crippen MR) is 101 cm³/mol. The van der Waals surface area contributed by atoms with E-state index in [9.17, 15) is 9.59 Å². The van der Waals surface area contributed by atoms with E-state index in [4.69, 9.17) is 16.6 Å². The maximum atomic E-state index is 12.4. The molecule has 0 atom stereocenters. The van der Waals surface area contributed by atoms with Crippen molar-refractivity contribution in [3.05, 3.63) is 92.5 Å². The fourth-order valence-electron chi connectivity index (χ4n) is 2.93. The topological polar surface area (TPSA) is 61.3 Å². The summed E-state index contributed by atoms with van der Waals surface area (Å²) in [5.41, 5.74) is 2.61. The van der Waals surface area contributed by atoms with E-state index < -0.39 is 0 Å². The lowest BCUT2D eigenvalue weighted by Crippen LogP contribution is -2.37. The van der Waals surface area contributed by atoms with Gasteiger partial charge < -0.3 is 4.40 Å². The van der Waals surface area contributed by atoms with Crippen LogP contribution in [0.3, 0.4) is 0 Å². The lowest BCUT2D eigenvalue weighted by Gasteiger charge is -2.09. The number of halogens is 1. The van der Waals surface area contributed by atoms with Crippen LogP contribution >= 0.6 is 11.6 Å². The average molecular weight is 367 g/mol. The highest BCUT2D eigenvalue weighted by Gasteiger charge is 2.15. The Morgan fingerprint density at radius 2 is 1.77 bits per heavy atom. The van der Waals surface area contributed by atoms with Crippen molar-refractivity contribution in [2.24, 2.45) is 7.05 Å². The van der Waals surface area contributed by atoms with Gasteiger partial charge in [0.25, 0.3) is 5.56 Å². The molecule has 6 nitrogen and oxygen atoms in total. The maximum absolute atomic E-state index is 12.4. The number of rotatable bonds is 3. The largest absolute Gasteiger partial charge is 0.331 e. The molecule has 0 radical (unpaired) electrons. The third kappa shape index (κ3) is 2.74. The monoisotopic (exact) mass is 366 g/mol. The molecule has 4 rings (SSSR count). The summed E-state index contributed by atoms with van der Waals surface area (Å²) in [5, 5.41) is 0.647. The molecular weight excluding hydrogens is 352 g/mol. The Hall–Kier alpha value is -3.12. The molecule has 4 aromatic rings. The standard InChI is InChI=1S/C19H15ClN4O2/c1-22-17(25)9-11-23(19(22)26)12-15-18(13-5-7-14(20)8-6-13)21-16-4-2-3-10-24(15)16/h2-11H,12H2,1H3. The highest BCUT2D eigenvalue weighted by atomic mass is 35.5. The van der Waals surface area contributed by atoms with E-state index in [0.717, 1.165) is 27.2 Å². The first-order valence-corrected chi connectivity index (χ1v) is 8.41. The van der Waals surface area contributed by atoms with Crippen molar-refractivity contribution in [1.82, 2.24) is 18.5 Å². The summed E-state index contributed by atoms with van der Waals surface area (Å²) in [6.45, 7) is 0.288. The number of imidazole rings is 1. The molecule has 1 aromatic carbocycles. The zero-order valence-electron chi connectivity index (χ0n) is 14.0. The molecular formula is C19H15ClN4O2. The lowest BCUT2D eigenvalue weighted by molar-refractivity contribution is 0.636. The molecule has 0 aliphatic rings. The summed E-state index contributed by atoms with van der Waals surface area (Å²) in [6.07, 6.45) is 3.42. The summed E-state index contributed by atoms with van der Waals surface area (Å²) in [4.78, 5) is 28.8. The third-order valence-electron chi connectivity index (χ3n) is 4.33. The van der Waals surface area contributed by atoms with Crippen molar-refractivity contribution in [3.8, 4) is 11.3 Å². The van der Waals surface area contributed by atoms with E-state index in [-0.39, 0.29) is 17.8 Å². The number of hydrogen-bond acceptors (Lipinski definition) is 3. The van der Waals surface area contributed by atoms with Gasteiger partial charge in [-0.05, 0) is 24.3 Å². The summed E-state index contributed by atoms with van der Waals surface area (Å²) in [5.74, 6) is 0. The van der Waals surface area contributed by atoms with Crippen molar-refractivity contribution < 1.29 is 0 Å². The molecule has 0 aliphatic carbocycles. The van der Waals surface area contributed by atoms with E-state index >= 15 is 0 Å². The van der Waals surface area contributed by atoms with Crippen LogP contribution < -0.4 is 11.2 Å². The minimum absolute atomic E-state index is 0.288. The zero-order valence-corrected chi connectivity index (χ0v) is 14.7. The summed E-state index contributed by atoms with van der Waals surface area (Å²) in [6, 6.07) is 14.5. The van der Waals surface area contributed by atoms with Gasteiger partial charge in [-0.1, -0.05) is 29.8 Å². The number of nitrogens with zero attached hydrogens (tertiary/aromatic N) is 4. The minimum Gasteiger partial charge on any atom is -0.302 e. The number of fused-ring (bicyclic) bond motifs is 1. The van der Waals surface area contributed by atoms with Gasteiger partial charge in [0.15, 0.2) is 0 Å². The second kappa shape index (κ2) is 6.31. The number of benzene rings is 1. The molecule has 0 saturated carbocycles. The van der Waals surface area contributed by atoms with Crippen molar-refractivity contribution in [2.75, 3.05) is 0 Å². The molecule has 0 fully saturated rings. The molecule has 0 aliphatic heterocycles. The Kier molecular flexibility index (Phi) is 3.97. The molecule has 0 unspecified atom stereocenters. The highest BCUT2D eigenvalue weighted by molar-refractivity contribution is 6.30. The molecule has 0 amide bonds. The molecule has 26 heavy (non-hydrogen) atoms. The molecule has 0 N–H and O–H groups in total. The Labute approximate surface area is 153 Å². The second-order valence-corrected chi connectivity index (χ2v) is 6.40. The number of hydrogen-bond donors (Lipinski definition) is 0. The molecule has 130 valence electrons. The van der Waals surface area contributed by atoms with E-state index in [0.29, 0.717) is 5.02 Å². The molecule has 3 heterocycles. The molecule has 0 bridgehead atoms. The average Bonchev–Trinajstić information content (AvgIpc) is 3.01. The van der Waals surface area contributed by atoms with Crippen molar-refractivity contribution in [2.45, 2.75) is 6.54 Å². The Morgan fingerprint density at radius 3 is 2.54 bits per heavy atom. The fourth-order valence-corrected chi connectivity index (χ4v) is 3.06. The molecule has 0 saturated heterocycles. The summed E-state index contributed by atoms with van der Waals surface area (Å²) >= 11 is 6.00. The van der Waals surface area contributed by atoms with Gasteiger partial charge in [0, 0.05) is 36.1 Å². The molecule has 0 spiro atoms. The number of aromatic nitrogens is 4. The first-order chi connectivity index (χ1) is 12.5. The lowest BCUT2D eigenvalue weighted by atomic mass is 10.1. The van der Waals surface area contributed by atoms with Crippen LogP contribution in [0.1, 0.15) is 5.69 Å². The second-order valence-electron chi connectivity index (χ2n) is 5.97. The summed E-state index contributed by atoms with van der Waals surface area (Å²) < 4.78 is 4.53. The maximum Gasteiger partial charge on any atom is 0.331 e. The Bertz CT molecular complexity index is 1220. The van der Waals surface area contributed by atoms with Crippen LogP contribution in [0.5, 0.6) is 0 Å². The predicted octanol–water partition coefficient (Wildman–Crippen LogP) is 2.56. The van der Waals surface area contributed by atoms with Crippen LogP contribution in [-0.4, -0.2) is 18.5 Å². The first-order valence-electron chi connectivity index (χ1n) is 8.03. The van der Waals surface area contributed by atoms with Gasteiger partial charge in [-0.25, -0.2) is 9.78 Å². The van der Waals surface area contributed by atoms with Crippen LogP contribution in [0.2, 0.25) is 5.02 Å². The smallest absolute Gasteiger partial charge is 0.302 e. The van der Waals surface area contributed by atoms with Crippen LogP contribution in [0.25, 0.3) is 16.9 Å². The fraction of sp³-hybridized carbons (Fsp3) is 0.105. The Morgan fingerprint density at radius 1 is 1.00 bits per heavy atom. The van der Waals surface area contributed by atoms with E-state index in [1.807, 2.05) is 53.1 Å². The van der Waals surface area contributed by atoms with Crippen LogP contribution in [0, 0.1) is 0 Å². The quantitative estimate of drug-likeness (QED) is 0.560. The normalized spacial score (nSPS) is 11.2. The van der Waals surface area contributed by atoms with E-state index in [1.54, 1.807) is 0 Å². The van der Waals surface area contributed by atoms with E-state index in [1.165, 1.54) is 23.9 Å². The van der Waals surface area contributed by atoms with Gasteiger partial charge in [-0.2, -0.15) is 0 Å². The highest BCUT2D eigenvalue weighted by Crippen LogP contribution is 2.26. The van der Waals surface area contributed by atoms with Gasteiger partial charge >= 0.3 is 5.69 Å². The summed E-state index contributed by atoms with van der Waals surface area (Å²) in [7, 11) is 1.47. The Balaban J connectivity index is 1.92. The van der Waals surface area contributed by atoms with Crippen molar-refractivity contribution >= 4 is 17.2 Å². The van der Waals surface area contributed by atoms with Crippen LogP contribution in [-0.2, 0) is 13.6 Å². The third-order valence-corrected chi connectivity index (χ3v) is 4.58. The first kappa shape index (κ1) is 16.4. The number of pyridine rings is 1. The van der Waals surface area contributed by atoms with Gasteiger partial charge in [0.1, 0.15) is 5.65 Å². The van der Waals surface area contributed by atoms with Gasteiger partial charge in [0.2, 0.25) is 0 Å². The van der Waals surface area contributed by atoms with Gasteiger partial charge in [-0.15, -0.1) is 0 Å². The van der Waals surface area contributed by atoms with E-state index in [2.05, 4.69) is 0 Å². The molecule has 3 aromatic heterocycles. The van der Waals surface area contributed by atoms with Crippen LogP contribution in [0.4, 0.5) is 0 Å². The van der Waals surface area contributed by atoms with Crippen LogP contribution in [0.15, 0.2) is 70.5 Å². The minimum atomic E-state index is -0.370.